The van der Waals surface area contributed by atoms with E-state index >= 15 is 0 Å². The van der Waals surface area contributed by atoms with Gasteiger partial charge < -0.3 is 10.0 Å². The highest BCUT2D eigenvalue weighted by molar-refractivity contribution is 7.91. The number of carbonyl (C=O) groups is 1. The molecule has 2 aromatic rings. The van der Waals surface area contributed by atoms with Crippen molar-refractivity contribution < 1.29 is 31.5 Å². The van der Waals surface area contributed by atoms with E-state index in [1.165, 1.54) is 12.1 Å². The molecule has 1 saturated heterocycles. The first-order chi connectivity index (χ1) is 14.1. The maximum absolute atomic E-state index is 13.6. The predicted molar refractivity (Wildman–Crippen MR) is 105 cm³/mol. The standard InChI is InChI=1S/C21H18F3NO4S/c22-21(23,24)19-12-15(6-8-18(19)16-4-2-1-3-5-16)7-9-20(27)25-10-11-30(28,29)14-17(25)13-26/h1-6,8,12,17,26H,10-11,13-14H2/t17-/m1/s1. The van der Waals surface area contributed by atoms with Crippen molar-refractivity contribution >= 4 is 15.7 Å². The van der Waals surface area contributed by atoms with E-state index in [0.29, 0.717) is 5.56 Å². The van der Waals surface area contributed by atoms with Crippen molar-refractivity contribution in [3.8, 4) is 23.0 Å². The number of aliphatic hydroxyl groups is 1. The van der Waals surface area contributed by atoms with Gasteiger partial charge in [-0.3, -0.25) is 4.79 Å². The number of hydrogen-bond acceptors (Lipinski definition) is 4. The summed E-state index contributed by atoms with van der Waals surface area (Å²) in [6.07, 6.45) is -4.61. The molecule has 1 atom stereocenters. The van der Waals surface area contributed by atoms with Crippen molar-refractivity contribution in [3.63, 3.8) is 0 Å². The van der Waals surface area contributed by atoms with Crippen molar-refractivity contribution in [1.82, 2.24) is 4.90 Å². The van der Waals surface area contributed by atoms with Crippen LogP contribution < -0.4 is 0 Å². The molecular weight excluding hydrogens is 419 g/mol. The Morgan fingerprint density at radius 3 is 2.50 bits per heavy atom. The molecule has 0 aromatic heterocycles. The molecule has 0 unspecified atom stereocenters. The summed E-state index contributed by atoms with van der Waals surface area (Å²) in [5.41, 5.74) is -0.465. The van der Waals surface area contributed by atoms with Crippen LogP contribution in [-0.4, -0.2) is 55.0 Å². The number of benzene rings is 2. The number of halogens is 3. The zero-order chi connectivity index (χ0) is 21.9. The molecule has 1 fully saturated rings. The van der Waals surface area contributed by atoms with Crippen LogP contribution in [0.15, 0.2) is 48.5 Å². The van der Waals surface area contributed by atoms with Crippen molar-refractivity contribution in [2.45, 2.75) is 12.2 Å². The van der Waals surface area contributed by atoms with Gasteiger partial charge in [-0.05, 0) is 23.3 Å². The molecule has 1 N–H and O–H groups in total. The molecule has 5 nitrogen and oxygen atoms in total. The Labute approximate surface area is 172 Å². The van der Waals surface area contributed by atoms with Crippen LogP contribution in [0, 0.1) is 11.8 Å². The fourth-order valence-electron chi connectivity index (χ4n) is 3.23. The number of carbonyl (C=O) groups excluding carboxylic acids is 1. The largest absolute Gasteiger partial charge is 0.417 e. The first-order valence-corrected chi connectivity index (χ1v) is 10.8. The third-order valence-electron chi connectivity index (χ3n) is 4.73. The van der Waals surface area contributed by atoms with Crippen LogP contribution >= 0.6 is 0 Å². The van der Waals surface area contributed by atoms with Crippen LogP contribution in [0.2, 0.25) is 0 Å². The number of rotatable bonds is 2. The summed E-state index contributed by atoms with van der Waals surface area (Å²) < 4.78 is 64.0. The lowest BCUT2D eigenvalue weighted by atomic mass is 9.97. The van der Waals surface area contributed by atoms with E-state index in [1.807, 2.05) is 0 Å². The second-order valence-corrected chi connectivity index (χ2v) is 9.05. The first kappa shape index (κ1) is 21.9. The van der Waals surface area contributed by atoms with Crippen LogP contribution in [0.1, 0.15) is 11.1 Å². The number of hydrogen-bond donors (Lipinski definition) is 1. The second kappa shape index (κ2) is 8.50. The van der Waals surface area contributed by atoms with Gasteiger partial charge in [0.25, 0.3) is 5.91 Å². The quantitative estimate of drug-likeness (QED) is 0.732. The van der Waals surface area contributed by atoms with Gasteiger partial charge in [-0.25, -0.2) is 8.42 Å². The van der Waals surface area contributed by atoms with Gasteiger partial charge in [-0.15, -0.1) is 0 Å². The molecule has 0 aliphatic carbocycles. The molecule has 1 aliphatic rings. The third-order valence-corrected chi connectivity index (χ3v) is 6.42. The van der Waals surface area contributed by atoms with E-state index in [4.69, 9.17) is 0 Å². The van der Waals surface area contributed by atoms with Crippen molar-refractivity contribution in [2.75, 3.05) is 24.7 Å². The van der Waals surface area contributed by atoms with Crippen LogP contribution in [0.25, 0.3) is 11.1 Å². The van der Waals surface area contributed by atoms with Gasteiger partial charge in [0.05, 0.1) is 29.7 Å². The van der Waals surface area contributed by atoms with Crippen LogP contribution in [-0.2, 0) is 20.8 Å². The summed E-state index contributed by atoms with van der Waals surface area (Å²) in [6, 6.07) is 10.8. The van der Waals surface area contributed by atoms with E-state index < -0.39 is 40.1 Å². The number of alkyl halides is 3. The predicted octanol–water partition coefficient (Wildman–Crippen LogP) is 2.34. The van der Waals surface area contributed by atoms with Crippen LogP contribution in [0.3, 0.4) is 0 Å². The molecule has 3 rings (SSSR count). The minimum Gasteiger partial charge on any atom is -0.394 e. The van der Waals surface area contributed by atoms with Crippen LogP contribution in [0.5, 0.6) is 0 Å². The average molecular weight is 437 g/mol. The third kappa shape index (κ3) is 5.01. The van der Waals surface area contributed by atoms with Gasteiger partial charge >= 0.3 is 6.18 Å². The highest BCUT2D eigenvalue weighted by Gasteiger charge is 2.34. The van der Waals surface area contributed by atoms with Gasteiger partial charge in [0.1, 0.15) is 0 Å². The topological polar surface area (TPSA) is 74.7 Å². The lowest BCUT2D eigenvalue weighted by molar-refractivity contribution is -0.137. The van der Waals surface area contributed by atoms with E-state index in [1.54, 1.807) is 30.3 Å². The summed E-state index contributed by atoms with van der Waals surface area (Å²) in [5, 5.41) is 9.36. The Kier molecular flexibility index (Phi) is 6.19. The molecule has 158 valence electrons. The minimum absolute atomic E-state index is 0.000496. The molecular formula is C21H18F3NO4S. The van der Waals surface area contributed by atoms with Crippen molar-refractivity contribution in [1.29, 1.82) is 0 Å². The van der Waals surface area contributed by atoms with E-state index in [-0.39, 0.29) is 29.2 Å². The molecule has 0 radical (unpaired) electrons. The molecule has 0 bridgehead atoms. The summed E-state index contributed by atoms with van der Waals surface area (Å²) in [7, 11) is -3.36. The van der Waals surface area contributed by atoms with Crippen LogP contribution in [0.4, 0.5) is 13.2 Å². The first-order valence-electron chi connectivity index (χ1n) is 9.01. The summed E-state index contributed by atoms with van der Waals surface area (Å²) in [4.78, 5) is 13.5. The highest BCUT2D eigenvalue weighted by atomic mass is 32.2. The highest BCUT2D eigenvalue weighted by Crippen LogP contribution is 2.37. The smallest absolute Gasteiger partial charge is 0.394 e. The number of sulfone groups is 1. The van der Waals surface area contributed by atoms with E-state index in [2.05, 4.69) is 11.8 Å². The Hall–Kier alpha value is -2.83. The lowest BCUT2D eigenvalue weighted by Crippen LogP contribution is -2.52. The van der Waals surface area contributed by atoms with Gasteiger partial charge in [0.15, 0.2) is 9.84 Å². The molecule has 9 heteroatoms. The monoisotopic (exact) mass is 437 g/mol. The van der Waals surface area contributed by atoms with Gasteiger partial charge in [0, 0.05) is 18.0 Å². The summed E-state index contributed by atoms with van der Waals surface area (Å²) >= 11 is 0. The number of amides is 1. The fraction of sp³-hybridized carbons (Fsp3) is 0.286. The maximum Gasteiger partial charge on any atom is 0.417 e. The van der Waals surface area contributed by atoms with Gasteiger partial charge in [-0.2, -0.15) is 13.2 Å². The minimum atomic E-state index is -4.61. The zero-order valence-electron chi connectivity index (χ0n) is 15.7. The van der Waals surface area contributed by atoms with E-state index in [9.17, 15) is 31.5 Å². The lowest BCUT2D eigenvalue weighted by Gasteiger charge is -2.32. The average Bonchev–Trinajstić information content (AvgIpc) is 2.71. The van der Waals surface area contributed by atoms with Crippen molar-refractivity contribution in [3.05, 3.63) is 59.7 Å². The molecule has 2 aromatic carbocycles. The SMILES string of the molecule is O=C(C#Cc1ccc(-c2ccccc2)c(C(F)(F)F)c1)N1CCS(=O)(=O)C[C@H]1CO. The Morgan fingerprint density at radius 2 is 1.87 bits per heavy atom. The normalized spacial score (nSPS) is 18.4. The maximum atomic E-state index is 13.6. The Bertz CT molecular complexity index is 1100. The molecule has 1 heterocycles. The number of nitrogens with zero attached hydrogens (tertiary/aromatic N) is 1. The van der Waals surface area contributed by atoms with Gasteiger partial charge in [0.2, 0.25) is 0 Å². The van der Waals surface area contributed by atoms with Gasteiger partial charge in [-0.1, -0.05) is 42.3 Å². The molecule has 0 saturated carbocycles. The Morgan fingerprint density at radius 1 is 1.17 bits per heavy atom. The fourth-order valence-corrected chi connectivity index (χ4v) is 4.74. The molecule has 1 amide bonds. The summed E-state index contributed by atoms with van der Waals surface area (Å²) in [5.74, 6) is 3.32. The molecule has 1 aliphatic heterocycles. The van der Waals surface area contributed by atoms with E-state index in [0.717, 1.165) is 11.0 Å². The number of aliphatic hydroxyl groups excluding tert-OH is 1. The second-order valence-electron chi connectivity index (χ2n) is 6.82. The zero-order valence-corrected chi connectivity index (χ0v) is 16.5. The molecule has 0 spiro atoms. The van der Waals surface area contributed by atoms with Crippen molar-refractivity contribution in [2.24, 2.45) is 0 Å². The molecule has 30 heavy (non-hydrogen) atoms. The summed E-state index contributed by atoms with van der Waals surface area (Å²) in [6.45, 7) is -0.668. The Balaban J connectivity index is 1.89.